The fourth-order valence-electron chi connectivity index (χ4n) is 1.84. The van der Waals surface area contributed by atoms with Crippen LogP contribution in [-0.4, -0.2) is 20.1 Å². The molecule has 1 N–H and O–H groups in total. The predicted molar refractivity (Wildman–Crippen MR) is 55.6 cm³/mol. The first-order valence-electron chi connectivity index (χ1n) is 4.59. The number of rotatable bonds is 1. The van der Waals surface area contributed by atoms with Crippen molar-refractivity contribution in [1.29, 1.82) is 0 Å². The van der Waals surface area contributed by atoms with Crippen molar-refractivity contribution in [2.45, 2.75) is 24.9 Å². The Bertz CT molecular complexity index is 355. The standard InChI is InChI=1S/C9H12BrN3O/c1-13-7(8(10)11-12-13)9(14)5-3-2-4-6-9/h3,5,14H,2,4,6H2,1H3. The van der Waals surface area contributed by atoms with Crippen LogP contribution in [0.25, 0.3) is 0 Å². The largest absolute Gasteiger partial charge is 0.379 e. The molecule has 76 valence electrons. The highest BCUT2D eigenvalue weighted by Gasteiger charge is 2.33. The predicted octanol–water partition coefficient (Wildman–Crippen LogP) is 1.51. The van der Waals surface area contributed by atoms with Gasteiger partial charge in [-0.2, -0.15) is 0 Å². The highest BCUT2D eigenvalue weighted by Crippen LogP contribution is 2.34. The summed E-state index contributed by atoms with van der Waals surface area (Å²) >= 11 is 3.30. The molecule has 2 rings (SSSR count). The van der Waals surface area contributed by atoms with Gasteiger partial charge in [0, 0.05) is 7.05 Å². The molecule has 1 atom stereocenters. The molecule has 0 bridgehead atoms. The molecule has 5 heteroatoms. The molecular formula is C9H12BrN3O. The van der Waals surface area contributed by atoms with Gasteiger partial charge in [-0.1, -0.05) is 17.4 Å². The van der Waals surface area contributed by atoms with E-state index < -0.39 is 5.60 Å². The van der Waals surface area contributed by atoms with Crippen LogP contribution in [0.2, 0.25) is 0 Å². The van der Waals surface area contributed by atoms with Gasteiger partial charge >= 0.3 is 0 Å². The molecule has 1 heterocycles. The van der Waals surface area contributed by atoms with E-state index in [0.717, 1.165) is 25.0 Å². The maximum Gasteiger partial charge on any atom is 0.154 e. The molecule has 0 aliphatic heterocycles. The average molecular weight is 258 g/mol. The Morgan fingerprint density at radius 3 is 2.93 bits per heavy atom. The maximum atomic E-state index is 10.4. The first-order valence-corrected chi connectivity index (χ1v) is 5.38. The Balaban J connectivity index is 2.47. The van der Waals surface area contributed by atoms with E-state index in [1.165, 1.54) is 0 Å². The van der Waals surface area contributed by atoms with Gasteiger partial charge in [-0.15, -0.1) is 5.10 Å². The third-order valence-electron chi connectivity index (χ3n) is 2.52. The van der Waals surface area contributed by atoms with Crippen molar-refractivity contribution < 1.29 is 5.11 Å². The molecule has 0 spiro atoms. The van der Waals surface area contributed by atoms with E-state index >= 15 is 0 Å². The van der Waals surface area contributed by atoms with Crippen LogP contribution in [-0.2, 0) is 12.6 Å². The number of hydrogen-bond acceptors (Lipinski definition) is 3. The van der Waals surface area contributed by atoms with Crippen molar-refractivity contribution in [3.63, 3.8) is 0 Å². The molecule has 1 unspecified atom stereocenters. The minimum Gasteiger partial charge on any atom is -0.379 e. The highest BCUT2D eigenvalue weighted by molar-refractivity contribution is 9.10. The van der Waals surface area contributed by atoms with Crippen molar-refractivity contribution in [3.05, 3.63) is 22.4 Å². The lowest BCUT2D eigenvalue weighted by molar-refractivity contribution is 0.0633. The summed E-state index contributed by atoms with van der Waals surface area (Å²) in [7, 11) is 1.79. The Labute approximate surface area is 90.7 Å². The highest BCUT2D eigenvalue weighted by atomic mass is 79.9. The van der Waals surface area contributed by atoms with Crippen molar-refractivity contribution in [1.82, 2.24) is 15.0 Å². The van der Waals surface area contributed by atoms with Gasteiger partial charge in [-0.25, -0.2) is 4.68 Å². The lowest BCUT2D eigenvalue weighted by Crippen LogP contribution is -2.28. The molecule has 1 aliphatic rings. The summed E-state index contributed by atoms with van der Waals surface area (Å²) < 4.78 is 2.23. The van der Waals surface area contributed by atoms with Crippen LogP contribution in [0.15, 0.2) is 16.8 Å². The fraction of sp³-hybridized carbons (Fsp3) is 0.556. The van der Waals surface area contributed by atoms with E-state index in [9.17, 15) is 5.11 Å². The molecule has 1 aliphatic carbocycles. The van der Waals surface area contributed by atoms with Gasteiger partial charge in [0.05, 0.1) is 0 Å². The summed E-state index contributed by atoms with van der Waals surface area (Å²) in [5, 5.41) is 18.1. The van der Waals surface area contributed by atoms with Gasteiger partial charge in [0.25, 0.3) is 0 Å². The van der Waals surface area contributed by atoms with E-state index in [1.54, 1.807) is 11.7 Å². The zero-order valence-corrected chi connectivity index (χ0v) is 9.53. The molecule has 0 saturated carbocycles. The summed E-state index contributed by atoms with van der Waals surface area (Å²) in [5.74, 6) is 0. The van der Waals surface area contributed by atoms with Gasteiger partial charge in [-0.3, -0.25) is 0 Å². The van der Waals surface area contributed by atoms with Gasteiger partial charge in [0.2, 0.25) is 0 Å². The molecule has 1 aromatic rings. The number of aromatic nitrogens is 3. The Kier molecular flexibility index (Phi) is 2.45. The molecule has 4 nitrogen and oxygen atoms in total. The molecule has 1 aromatic heterocycles. The number of hydrogen-bond donors (Lipinski definition) is 1. The van der Waals surface area contributed by atoms with Crippen LogP contribution < -0.4 is 0 Å². The molecular weight excluding hydrogens is 246 g/mol. The first-order chi connectivity index (χ1) is 6.63. The molecule has 0 radical (unpaired) electrons. The topological polar surface area (TPSA) is 50.9 Å². The molecule has 0 fully saturated rings. The van der Waals surface area contributed by atoms with Gasteiger partial charge in [-0.05, 0) is 35.2 Å². The van der Waals surface area contributed by atoms with Crippen LogP contribution in [0.4, 0.5) is 0 Å². The quantitative estimate of drug-likeness (QED) is 0.777. The third-order valence-corrected chi connectivity index (χ3v) is 3.05. The number of allylic oxidation sites excluding steroid dienone is 1. The van der Waals surface area contributed by atoms with Gasteiger partial charge in [0.15, 0.2) is 4.60 Å². The summed E-state index contributed by atoms with van der Waals surface area (Å²) in [4.78, 5) is 0. The van der Waals surface area contributed by atoms with E-state index in [0.29, 0.717) is 4.60 Å². The lowest BCUT2D eigenvalue weighted by atomic mass is 9.88. The van der Waals surface area contributed by atoms with Gasteiger partial charge in [0.1, 0.15) is 11.3 Å². The van der Waals surface area contributed by atoms with Crippen LogP contribution in [0.5, 0.6) is 0 Å². The van der Waals surface area contributed by atoms with Crippen LogP contribution in [0, 0.1) is 0 Å². The monoisotopic (exact) mass is 257 g/mol. The molecule has 0 amide bonds. The maximum absolute atomic E-state index is 10.4. The second kappa shape index (κ2) is 3.47. The number of nitrogens with zero attached hydrogens (tertiary/aromatic N) is 3. The third kappa shape index (κ3) is 1.50. The van der Waals surface area contributed by atoms with Crippen molar-refractivity contribution in [2.24, 2.45) is 7.05 Å². The van der Waals surface area contributed by atoms with E-state index in [4.69, 9.17) is 0 Å². The van der Waals surface area contributed by atoms with Crippen LogP contribution >= 0.6 is 15.9 Å². The van der Waals surface area contributed by atoms with Crippen molar-refractivity contribution in [2.75, 3.05) is 0 Å². The lowest BCUT2D eigenvalue weighted by Gasteiger charge is -2.27. The van der Waals surface area contributed by atoms with Gasteiger partial charge < -0.3 is 5.11 Å². The Morgan fingerprint density at radius 2 is 2.43 bits per heavy atom. The first kappa shape index (κ1) is 9.86. The smallest absolute Gasteiger partial charge is 0.154 e. The average Bonchev–Trinajstić information content (AvgIpc) is 2.48. The summed E-state index contributed by atoms with van der Waals surface area (Å²) in [6, 6.07) is 0. The minimum atomic E-state index is -0.907. The fourth-order valence-corrected chi connectivity index (χ4v) is 2.51. The Hall–Kier alpha value is -0.680. The number of aryl methyl sites for hydroxylation is 1. The SMILES string of the molecule is Cn1nnc(Br)c1C1(O)C=CCCC1. The summed E-state index contributed by atoms with van der Waals surface area (Å²) in [6.45, 7) is 0. The second-order valence-corrected chi connectivity index (χ2v) is 4.32. The molecule has 14 heavy (non-hydrogen) atoms. The normalized spacial score (nSPS) is 26.8. The zero-order valence-electron chi connectivity index (χ0n) is 7.94. The molecule has 0 saturated heterocycles. The minimum absolute atomic E-state index is 0.619. The van der Waals surface area contributed by atoms with Crippen molar-refractivity contribution in [3.8, 4) is 0 Å². The van der Waals surface area contributed by atoms with E-state index in [-0.39, 0.29) is 0 Å². The van der Waals surface area contributed by atoms with Crippen LogP contribution in [0.1, 0.15) is 25.0 Å². The van der Waals surface area contributed by atoms with Crippen LogP contribution in [0.3, 0.4) is 0 Å². The summed E-state index contributed by atoms with van der Waals surface area (Å²) in [6.07, 6.45) is 6.59. The van der Waals surface area contributed by atoms with E-state index in [1.807, 2.05) is 12.2 Å². The second-order valence-electron chi connectivity index (χ2n) is 3.57. The number of halogens is 1. The number of aliphatic hydroxyl groups is 1. The molecule has 0 aromatic carbocycles. The zero-order chi connectivity index (χ0) is 10.2. The van der Waals surface area contributed by atoms with Crippen molar-refractivity contribution >= 4 is 15.9 Å². The Morgan fingerprint density at radius 1 is 1.64 bits per heavy atom. The summed E-state index contributed by atoms with van der Waals surface area (Å²) in [5.41, 5.74) is -0.177. The van der Waals surface area contributed by atoms with E-state index in [2.05, 4.69) is 26.2 Å².